The summed E-state index contributed by atoms with van der Waals surface area (Å²) in [5.41, 5.74) is 5.85. The van der Waals surface area contributed by atoms with Gasteiger partial charge in [-0.3, -0.25) is 15.5 Å². The van der Waals surface area contributed by atoms with Crippen molar-refractivity contribution in [1.29, 1.82) is 0 Å². The fourth-order valence-corrected chi connectivity index (χ4v) is 4.96. The van der Waals surface area contributed by atoms with Crippen LogP contribution in [-0.2, 0) is 4.79 Å². The van der Waals surface area contributed by atoms with E-state index in [0.717, 1.165) is 6.42 Å². The molecule has 5 atom stereocenters. The Morgan fingerprint density at radius 3 is 2.24 bits per heavy atom. The number of carbonyl (C=O) groups excluding carboxylic acids is 1. The number of hydrazine groups is 1. The molecule has 0 bridgehead atoms. The Kier molecular flexibility index (Phi) is 8.27. The van der Waals surface area contributed by atoms with Crippen LogP contribution in [0.4, 0.5) is 17.6 Å². The smallest absolute Gasteiger partial charge is 0.390 e. The number of carbonyl (C=O) groups is 1. The van der Waals surface area contributed by atoms with Crippen LogP contribution >= 0.6 is 0 Å². The largest absolute Gasteiger partial charge is 0.391 e. The van der Waals surface area contributed by atoms with Crippen molar-refractivity contribution >= 4 is 11.9 Å². The van der Waals surface area contributed by atoms with Gasteiger partial charge in [0.15, 0.2) is 5.96 Å². The molecular formula is C22H37F4N5O2. The standard InChI is InChI=1S/C22H37F4N5O2/c1-21(2,3)29-20(28-19(33)12-4-7-14(8-5-12)22(24,25)26)27-18-11-16(30-31-18)13-6-9-17(32)15(23)10-13/h12-18,30-32H,4-11H2,1-3H3,(H2,27,28,29,33). The van der Waals surface area contributed by atoms with E-state index in [-0.39, 0.29) is 55.7 Å². The Morgan fingerprint density at radius 1 is 1.00 bits per heavy atom. The molecule has 1 saturated heterocycles. The molecule has 0 aromatic heterocycles. The molecule has 0 radical (unpaired) electrons. The lowest BCUT2D eigenvalue weighted by Gasteiger charge is -2.32. The predicted octanol–water partition coefficient (Wildman–Crippen LogP) is 2.91. The SMILES string of the molecule is CC(C)(C)N/C(=N\C1CC(C2CCC(O)C(F)C2)NN1)NC(=O)C1CCC(C(F)(F)F)CC1. The van der Waals surface area contributed by atoms with E-state index in [2.05, 4.69) is 26.5 Å². The molecule has 3 rings (SSSR count). The first-order valence-electron chi connectivity index (χ1n) is 11.9. The molecule has 11 heteroatoms. The van der Waals surface area contributed by atoms with E-state index < -0.39 is 35.8 Å². The third-order valence-corrected chi connectivity index (χ3v) is 6.84. The summed E-state index contributed by atoms with van der Waals surface area (Å²) >= 11 is 0. The number of hydrogen-bond donors (Lipinski definition) is 5. The first-order chi connectivity index (χ1) is 15.3. The summed E-state index contributed by atoms with van der Waals surface area (Å²) < 4.78 is 52.7. The molecule has 0 spiro atoms. The summed E-state index contributed by atoms with van der Waals surface area (Å²) in [4.78, 5) is 17.4. The van der Waals surface area contributed by atoms with E-state index in [4.69, 9.17) is 0 Å². The van der Waals surface area contributed by atoms with Crippen molar-refractivity contribution in [1.82, 2.24) is 21.5 Å². The van der Waals surface area contributed by atoms with Crippen LogP contribution in [0, 0.1) is 17.8 Å². The first-order valence-corrected chi connectivity index (χ1v) is 11.9. The molecule has 190 valence electrons. The van der Waals surface area contributed by atoms with Crippen LogP contribution in [0.15, 0.2) is 4.99 Å². The second-order valence-corrected chi connectivity index (χ2v) is 10.7. The third kappa shape index (κ3) is 7.51. The van der Waals surface area contributed by atoms with Gasteiger partial charge in [-0.2, -0.15) is 13.2 Å². The molecule has 1 amide bonds. The van der Waals surface area contributed by atoms with Crippen molar-refractivity contribution in [2.45, 2.75) is 108 Å². The van der Waals surface area contributed by atoms with Gasteiger partial charge < -0.3 is 10.4 Å². The molecule has 1 heterocycles. The van der Waals surface area contributed by atoms with Gasteiger partial charge in [-0.25, -0.2) is 14.8 Å². The summed E-state index contributed by atoms with van der Waals surface area (Å²) in [6.45, 7) is 5.75. The van der Waals surface area contributed by atoms with Gasteiger partial charge in [0.05, 0.1) is 12.0 Å². The van der Waals surface area contributed by atoms with Crippen molar-refractivity contribution in [3.05, 3.63) is 0 Å². The number of halogens is 4. The number of rotatable bonds is 3. The maximum Gasteiger partial charge on any atom is 0.391 e. The molecule has 2 aliphatic carbocycles. The molecule has 5 N–H and O–H groups in total. The number of aliphatic imine (C=N–C) groups is 1. The minimum atomic E-state index is -4.21. The normalized spacial score (nSPS) is 36.5. The van der Waals surface area contributed by atoms with Crippen LogP contribution in [0.25, 0.3) is 0 Å². The Labute approximate surface area is 192 Å². The van der Waals surface area contributed by atoms with Crippen molar-refractivity contribution in [3.63, 3.8) is 0 Å². The van der Waals surface area contributed by atoms with Crippen molar-refractivity contribution < 1.29 is 27.5 Å². The topological polar surface area (TPSA) is 97.8 Å². The molecule has 7 nitrogen and oxygen atoms in total. The summed E-state index contributed by atoms with van der Waals surface area (Å²) in [5, 5.41) is 15.6. The zero-order valence-electron chi connectivity index (χ0n) is 19.5. The van der Waals surface area contributed by atoms with E-state index in [1.54, 1.807) is 0 Å². The van der Waals surface area contributed by atoms with Crippen molar-refractivity contribution in [2.75, 3.05) is 0 Å². The molecule has 2 saturated carbocycles. The van der Waals surface area contributed by atoms with Crippen LogP contribution in [0.1, 0.15) is 72.1 Å². The number of nitrogens with one attached hydrogen (secondary N) is 4. The minimum Gasteiger partial charge on any atom is -0.390 e. The highest BCUT2D eigenvalue weighted by atomic mass is 19.4. The molecule has 5 unspecified atom stereocenters. The van der Waals surface area contributed by atoms with Crippen LogP contribution in [0.3, 0.4) is 0 Å². The van der Waals surface area contributed by atoms with Crippen LogP contribution in [0.5, 0.6) is 0 Å². The lowest BCUT2D eigenvalue weighted by atomic mass is 9.81. The number of aliphatic hydroxyl groups is 1. The van der Waals surface area contributed by atoms with Gasteiger partial charge in [-0.05, 0) is 71.6 Å². The number of hydrogen-bond acceptors (Lipinski definition) is 5. The average Bonchev–Trinajstić information content (AvgIpc) is 3.16. The van der Waals surface area contributed by atoms with Gasteiger partial charge in [0.2, 0.25) is 5.91 Å². The van der Waals surface area contributed by atoms with Gasteiger partial charge in [-0.15, -0.1) is 0 Å². The minimum absolute atomic E-state index is 0.00580. The number of nitrogens with zero attached hydrogens (tertiary/aromatic N) is 1. The molecule has 3 fully saturated rings. The van der Waals surface area contributed by atoms with Crippen LogP contribution in [0.2, 0.25) is 0 Å². The van der Waals surface area contributed by atoms with E-state index in [0.29, 0.717) is 19.3 Å². The van der Waals surface area contributed by atoms with Gasteiger partial charge in [0, 0.05) is 23.9 Å². The highest BCUT2D eigenvalue weighted by molar-refractivity contribution is 5.98. The highest BCUT2D eigenvalue weighted by Gasteiger charge is 2.43. The second-order valence-electron chi connectivity index (χ2n) is 10.7. The fraction of sp³-hybridized carbons (Fsp3) is 0.909. The molecule has 3 aliphatic rings. The average molecular weight is 480 g/mol. The van der Waals surface area contributed by atoms with Crippen molar-refractivity contribution in [2.24, 2.45) is 22.7 Å². The Balaban J connectivity index is 1.59. The molecule has 0 aromatic carbocycles. The van der Waals surface area contributed by atoms with E-state index in [1.165, 1.54) is 0 Å². The van der Waals surface area contributed by atoms with Crippen LogP contribution in [-0.4, -0.2) is 53.2 Å². The summed E-state index contributed by atoms with van der Waals surface area (Å²) in [7, 11) is 0. The lowest BCUT2D eigenvalue weighted by Crippen LogP contribution is -2.52. The number of amides is 1. The fourth-order valence-electron chi connectivity index (χ4n) is 4.96. The summed E-state index contributed by atoms with van der Waals surface area (Å²) in [6.07, 6.45) is -4.33. The number of alkyl halides is 4. The number of guanidine groups is 1. The maximum absolute atomic E-state index is 13.9. The third-order valence-electron chi connectivity index (χ3n) is 6.84. The molecular weight excluding hydrogens is 442 g/mol. The zero-order chi connectivity index (χ0) is 24.4. The molecule has 0 aromatic rings. The second kappa shape index (κ2) is 10.4. The molecule has 33 heavy (non-hydrogen) atoms. The zero-order valence-corrected chi connectivity index (χ0v) is 19.5. The summed E-state index contributed by atoms with van der Waals surface area (Å²) in [5.74, 6) is -1.79. The number of aliphatic hydroxyl groups excluding tert-OH is 1. The van der Waals surface area contributed by atoms with E-state index in [9.17, 15) is 27.5 Å². The van der Waals surface area contributed by atoms with Gasteiger partial charge in [0.1, 0.15) is 12.3 Å². The first kappa shape index (κ1) is 26.2. The maximum atomic E-state index is 13.9. The van der Waals surface area contributed by atoms with Gasteiger partial charge >= 0.3 is 6.18 Å². The highest BCUT2D eigenvalue weighted by Crippen LogP contribution is 2.39. The monoisotopic (exact) mass is 479 g/mol. The lowest BCUT2D eigenvalue weighted by molar-refractivity contribution is -0.184. The Morgan fingerprint density at radius 2 is 1.67 bits per heavy atom. The predicted molar refractivity (Wildman–Crippen MR) is 117 cm³/mol. The van der Waals surface area contributed by atoms with Crippen LogP contribution < -0.4 is 21.5 Å². The van der Waals surface area contributed by atoms with E-state index >= 15 is 0 Å². The summed E-state index contributed by atoms with van der Waals surface area (Å²) in [6, 6.07) is -0.00580. The van der Waals surface area contributed by atoms with Crippen molar-refractivity contribution in [3.8, 4) is 0 Å². The van der Waals surface area contributed by atoms with Gasteiger partial charge in [-0.1, -0.05) is 0 Å². The van der Waals surface area contributed by atoms with Gasteiger partial charge in [0.25, 0.3) is 0 Å². The Bertz CT molecular complexity index is 704. The Hall–Kier alpha value is -1.46. The quantitative estimate of drug-likeness (QED) is 0.244. The molecule has 1 aliphatic heterocycles. The van der Waals surface area contributed by atoms with E-state index in [1.807, 2.05) is 20.8 Å².